The van der Waals surface area contributed by atoms with Gasteiger partial charge in [0.15, 0.2) is 0 Å². The van der Waals surface area contributed by atoms with Gasteiger partial charge in [-0.05, 0) is 24.6 Å². The quantitative estimate of drug-likeness (QED) is 0.502. The highest BCUT2D eigenvalue weighted by molar-refractivity contribution is 6.39. The smallest absolute Gasteiger partial charge is 0.313 e. The molecular formula is C13H18N2O4. The van der Waals surface area contributed by atoms with Crippen molar-refractivity contribution in [2.45, 2.75) is 6.92 Å². The summed E-state index contributed by atoms with van der Waals surface area (Å²) in [5.41, 5.74) is 1.58. The van der Waals surface area contributed by atoms with Gasteiger partial charge < -0.3 is 20.5 Å². The zero-order chi connectivity index (χ0) is 14.1. The summed E-state index contributed by atoms with van der Waals surface area (Å²) in [6.07, 6.45) is 0. The summed E-state index contributed by atoms with van der Waals surface area (Å²) in [6.45, 7) is 2.52. The fourth-order valence-electron chi connectivity index (χ4n) is 1.39. The first-order chi connectivity index (χ1) is 9.13. The maximum Gasteiger partial charge on any atom is 0.313 e. The third kappa shape index (κ3) is 5.98. The fourth-order valence-corrected chi connectivity index (χ4v) is 1.39. The average molecular weight is 266 g/mol. The van der Waals surface area contributed by atoms with Crippen molar-refractivity contribution < 1.29 is 19.4 Å². The van der Waals surface area contributed by atoms with E-state index < -0.39 is 11.8 Å². The Labute approximate surface area is 111 Å². The molecule has 1 rings (SSSR count). The van der Waals surface area contributed by atoms with Crippen LogP contribution in [-0.4, -0.2) is 43.3 Å². The molecule has 0 aromatic heterocycles. The highest BCUT2D eigenvalue weighted by Crippen LogP contribution is 2.08. The SMILES string of the molecule is Cc1cccc(NC(=O)C(=O)NCCOCCO)c1. The third-order valence-corrected chi connectivity index (χ3v) is 2.25. The minimum absolute atomic E-state index is 0.0677. The van der Waals surface area contributed by atoms with E-state index in [1.807, 2.05) is 13.0 Å². The molecular weight excluding hydrogens is 248 g/mol. The average Bonchev–Trinajstić information content (AvgIpc) is 2.38. The van der Waals surface area contributed by atoms with Gasteiger partial charge >= 0.3 is 11.8 Å². The number of aliphatic hydroxyl groups is 1. The molecule has 0 fully saturated rings. The van der Waals surface area contributed by atoms with E-state index in [4.69, 9.17) is 9.84 Å². The van der Waals surface area contributed by atoms with E-state index in [0.717, 1.165) is 5.56 Å². The Balaban J connectivity index is 2.31. The summed E-state index contributed by atoms with van der Waals surface area (Å²) in [5.74, 6) is -1.43. The van der Waals surface area contributed by atoms with Crippen molar-refractivity contribution in [3.63, 3.8) is 0 Å². The van der Waals surface area contributed by atoms with Crippen LogP contribution in [-0.2, 0) is 14.3 Å². The Hall–Kier alpha value is -1.92. The molecule has 0 atom stereocenters. The van der Waals surface area contributed by atoms with Crippen LogP contribution in [0.5, 0.6) is 0 Å². The molecule has 0 spiro atoms. The van der Waals surface area contributed by atoms with E-state index >= 15 is 0 Å². The Morgan fingerprint density at radius 3 is 2.74 bits per heavy atom. The second-order valence-corrected chi connectivity index (χ2v) is 3.92. The first kappa shape index (κ1) is 15.1. The van der Waals surface area contributed by atoms with Gasteiger partial charge in [-0.2, -0.15) is 0 Å². The predicted molar refractivity (Wildman–Crippen MR) is 70.7 cm³/mol. The first-order valence-corrected chi connectivity index (χ1v) is 5.98. The van der Waals surface area contributed by atoms with Gasteiger partial charge in [0.05, 0.1) is 19.8 Å². The topological polar surface area (TPSA) is 87.7 Å². The fraction of sp³-hybridized carbons (Fsp3) is 0.385. The van der Waals surface area contributed by atoms with Gasteiger partial charge in [-0.25, -0.2) is 0 Å². The summed E-state index contributed by atoms with van der Waals surface area (Å²) < 4.78 is 4.95. The minimum Gasteiger partial charge on any atom is -0.394 e. The Morgan fingerprint density at radius 1 is 1.26 bits per heavy atom. The molecule has 6 heteroatoms. The van der Waals surface area contributed by atoms with Crippen molar-refractivity contribution in [1.82, 2.24) is 5.32 Å². The van der Waals surface area contributed by atoms with Crippen LogP contribution in [0.2, 0.25) is 0 Å². The van der Waals surface area contributed by atoms with E-state index in [1.165, 1.54) is 0 Å². The largest absolute Gasteiger partial charge is 0.394 e. The summed E-state index contributed by atoms with van der Waals surface area (Å²) in [5, 5.41) is 13.4. The summed E-state index contributed by atoms with van der Waals surface area (Å²) in [7, 11) is 0. The van der Waals surface area contributed by atoms with Gasteiger partial charge in [-0.3, -0.25) is 9.59 Å². The van der Waals surface area contributed by atoms with Gasteiger partial charge in [0.2, 0.25) is 0 Å². The second kappa shape index (κ2) is 8.23. The molecule has 0 saturated carbocycles. The van der Waals surface area contributed by atoms with Crippen molar-refractivity contribution >= 4 is 17.5 Å². The number of nitrogens with one attached hydrogen (secondary N) is 2. The molecule has 19 heavy (non-hydrogen) atoms. The maximum absolute atomic E-state index is 11.5. The van der Waals surface area contributed by atoms with Crippen LogP contribution in [0.4, 0.5) is 5.69 Å². The van der Waals surface area contributed by atoms with E-state index in [9.17, 15) is 9.59 Å². The molecule has 0 aliphatic rings. The number of aryl methyl sites for hydroxylation is 1. The van der Waals surface area contributed by atoms with Crippen LogP contribution in [0.3, 0.4) is 0 Å². The van der Waals surface area contributed by atoms with Gasteiger partial charge in [-0.15, -0.1) is 0 Å². The standard InChI is InChI=1S/C13H18N2O4/c1-10-3-2-4-11(9-10)15-13(18)12(17)14-5-7-19-8-6-16/h2-4,9,16H,5-8H2,1H3,(H,14,17)(H,15,18). The van der Waals surface area contributed by atoms with Crippen molar-refractivity contribution in [1.29, 1.82) is 0 Å². The van der Waals surface area contributed by atoms with E-state index in [2.05, 4.69) is 10.6 Å². The zero-order valence-corrected chi connectivity index (χ0v) is 10.8. The number of rotatable bonds is 6. The maximum atomic E-state index is 11.5. The lowest BCUT2D eigenvalue weighted by Gasteiger charge is -2.07. The van der Waals surface area contributed by atoms with Crippen molar-refractivity contribution in [2.24, 2.45) is 0 Å². The lowest BCUT2D eigenvalue weighted by molar-refractivity contribution is -0.136. The number of hydrogen-bond acceptors (Lipinski definition) is 4. The molecule has 0 aliphatic heterocycles. The van der Waals surface area contributed by atoms with Gasteiger partial charge in [0.25, 0.3) is 0 Å². The van der Waals surface area contributed by atoms with Crippen molar-refractivity contribution in [3.05, 3.63) is 29.8 Å². The normalized spacial score (nSPS) is 10.0. The highest BCUT2D eigenvalue weighted by atomic mass is 16.5. The number of benzene rings is 1. The minimum atomic E-state index is -0.715. The molecule has 0 heterocycles. The number of anilines is 1. The monoisotopic (exact) mass is 266 g/mol. The molecule has 104 valence electrons. The predicted octanol–water partition coefficient (Wildman–Crippen LogP) is 0.0586. The number of amides is 2. The molecule has 0 saturated heterocycles. The molecule has 1 aromatic carbocycles. The van der Waals surface area contributed by atoms with Crippen LogP contribution < -0.4 is 10.6 Å². The van der Waals surface area contributed by atoms with Gasteiger partial charge in [0.1, 0.15) is 0 Å². The Morgan fingerprint density at radius 2 is 2.05 bits per heavy atom. The van der Waals surface area contributed by atoms with Crippen LogP contribution in [0.15, 0.2) is 24.3 Å². The molecule has 0 unspecified atom stereocenters. The number of hydrogen-bond donors (Lipinski definition) is 3. The lowest BCUT2D eigenvalue weighted by Crippen LogP contribution is -2.37. The highest BCUT2D eigenvalue weighted by Gasteiger charge is 2.12. The van der Waals surface area contributed by atoms with Gasteiger partial charge in [-0.1, -0.05) is 12.1 Å². The van der Waals surface area contributed by atoms with E-state index in [-0.39, 0.29) is 26.4 Å². The summed E-state index contributed by atoms with van der Waals surface area (Å²) >= 11 is 0. The number of carbonyl (C=O) groups excluding carboxylic acids is 2. The first-order valence-electron chi connectivity index (χ1n) is 5.98. The van der Waals surface area contributed by atoms with Crippen LogP contribution in [0.25, 0.3) is 0 Å². The number of aliphatic hydroxyl groups excluding tert-OH is 1. The van der Waals surface area contributed by atoms with Crippen molar-refractivity contribution in [3.8, 4) is 0 Å². The second-order valence-electron chi connectivity index (χ2n) is 3.92. The van der Waals surface area contributed by atoms with E-state index in [0.29, 0.717) is 5.69 Å². The Kier molecular flexibility index (Phi) is 6.56. The zero-order valence-electron chi connectivity index (χ0n) is 10.8. The molecule has 6 nitrogen and oxygen atoms in total. The summed E-state index contributed by atoms with van der Waals surface area (Å²) in [4.78, 5) is 23.0. The summed E-state index contributed by atoms with van der Waals surface area (Å²) in [6, 6.07) is 7.18. The molecule has 0 aliphatic carbocycles. The van der Waals surface area contributed by atoms with Crippen LogP contribution in [0.1, 0.15) is 5.56 Å². The van der Waals surface area contributed by atoms with Crippen LogP contribution >= 0.6 is 0 Å². The lowest BCUT2D eigenvalue weighted by atomic mass is 10.2. The van der Waals surface area contributed by atoms with Gasteiger partial charge in [0, 0.05) is 12.2 Å². The van der Waals surface area contributed by atoms with Crippen LogP contribution in [0, 0.1) is 6.92 Å². The molecule has 2 amide bonds. The Bertz CT molecular complexity index is 434. The third-order valence-electron chi connectivity index (χ3n) is 2.25. The molecule has 3 N–H and O–H groups in total. The number of ether oxygens (including phenoxy) is 1. The molecule has 0 bridgehead atoms. The van der Waals surface area contributed by atoms with E-state index in [1.54, 1.807) is 18.2 Å². The molecule has 0 radical (unpaired) electrons. The number of carbonyl (C=O) groups is 2. The molecule has 1 aromatic rings. The van der Waals surface area contributed by atoms with Crippen molar-refractivity contribution in [2.75, 3.05) is 31.7 Å².